The predicted octanol–water partition coefficient (Wildman–Crippen LogP) is 3.05. The van der Waals surface area contributed by atoms with E-state index in [9.17, 15) is 10.1 Å². The van der Waals surface area contributed by atoms with E-state index in [1.807, 2.05) is 6.92 Å². The molecule has 1 aromatic rings. The molecular weight excluding hydrogens is 244 g/mol. The molecule has 1 rings (SSSR count). The Labute approximate surface area is 114 Å². The summed E-state index contributed by atoms with van der Waals surface area (Å²) in [5.41, 5.74) is 0.0719. The largest absolute Gasteiger partial charge is 0.370 e. The topological polar surface area (TPSA) is 71.3 Å². The van der Waals surface area contributed by atoms with Crippen molar-refractivity contribution in [2.45, 2.75) is 40.2 Å². The van der Waals surface area contributed by atoms with Crippen LogP contribution in [0.25, 0.3) is 0 Å². The summed E-state index contributed by atoms with van der Waals surface area (Å²) in [7, 11) is 0. The second kappa shape index (κ2) is 6.92. The molecule has 0 aliphatic rings. The average molecular weight is 266 g/mol. The molecule has 0 radical (unpaired) electrons. The molecule has 0 aliphatic carbocycles. The van der Waals surface area contributed by atoms with Crippen molar-refractivity contribution >= 4 is 17.3 Å². The SMILES string of the molecule is CCCN(c1cc([N+](=O)[O-])cc(NCC)n1)C(C)C. The van der Waals surface area contributed by atoms with Crippen LogP contribution in [0.5, 0.6) is 0 Å². The highest BCUT2D eigenvalue weighted by atomic mass is 16.6. The summed E-state index contributed by atoms with van der Waals surface area (Å²) in [5, 5.41) is 14.0. The van der Waals surface area contributed by atoms with Crippen LogP contribution in [-0.2, 0) is 0 Å². The summed E-state index contributed by atoms with van der Waals surface area (Å²) in [6.07, 6.45) is 0.971. The van der Waals surface area contributed by atoms with Gasteiger partial charge in [0, 0.05) is 19.1 Å². The molecule has 0 aromatic carbocycles. The summed E-state index contributed by atoms with van der Waals surface area (Å²) >= 11 is 0. The van der Waals surface area contributed by atoms with Gasteiger partial charge in [0.25, 0.3) is 5.69 Å². The molecule has 106 valence electrons. The fourth-order valence-corrected chi connectivity index (χ4v) is 1.90. The maximum atomic E-state index is 11.0. The highest BCUT2D eigenvalue weighted by molar-refractivity contribution is 5.56. The van der Waals surface area contributed by atoms with Crippen molar-refractivity contribution in [1.29, 1.82) is 0 Å². The minimum absolute atomic E-state index is 0.0719. The summed E-state index contributed by atoms with van der Waals surface area (Å²) in [6, 6.07) is 3.26. The molecule has 0 amide bonds. The molecule has 0 atom stereocenters. The maximum Gasteiger partial charge on any atom is 0.276 e. The zero-order valence-corrected chi connectivity index (χ0v) is 12.0. The van der Waals surface area contributed by atoms with Gasteiger partial charge in [-0.05, 0) is 27.2 Å². The van der Waals surface area contributed by atoms with E-state index < -0.39 is 0 Å². The van der Waals surface area contributed by atoms with Gasteiger partial charge in [0.15, 0.2) is 0 Å². The van der Waals surface area contributed by atoms with Gasteiger partial charge in [-0.3, -0.25) is 10.1 Å². The van der Waals surface area contributed by atoms with Gasteiger partial charge in [0.2, 0.25) is 0 Å². The van der Waals surface area contributed by atoms with Crippen molar-refractivity contribution in [3.05, 3.63) is 22.2 Å². The number of pyridine rings is 1. The molecular formula is C13H22N4O2. The number of nitro groups is 1. The third kappa shape index (κ3) is 4.08. The van der Waals surface area contributed by atoms with E-state index >= 15 is 0 Å². The Morgan fingerprint density at radius 1 is 1.42 bits per heavy atom. The van der Waals surface area contributed by atoms with Crippen LogP contribution in [-0.4, -0.2) is 29.0 Å². The van der Waals surface area contributed by atoms with E-state index in [4.69, 9.17) is 0 Å². The van der Waals surface area contributed by atoms with Crippen LogP contribution in [0.3, 0.4) is 0 Å². The maximum absolute atomic E-state index is 11.0. The molecule has 6 heteroatoms. The molecule has 0 saturated carbocycles. The van der Waals surface area contributed by atoms with E-state index in [2.05, 4.69) is 36.0 Å². The van der Waals surface area contributed by atoms with Crippen LogP contribution in [0.1, 0.15) is 34.1 Å². The number of hydrogen-bond acceptors (Lipinski definition) is 5. The van der Waals surface area contributed by atoms with Crippen LogP contribution < -0.4 is 10.2 Å². The van der Waals surface area contributed by atoms with Crippen molar-refractivity contribution in [3.63, 3.8) is 0 Å². The highest BCUT2D eigenvalue weighted by Gasteiger charge is 2.17. The molecule has 0 fully saturated rings. The lowest BCUT2D eigenvalue weighted by Gasteiger charge is -2.27. The molecule has 1 aromatic heterocycles. The zero-order valence-electron chi connectivity index (χ0n) is 12.0. The van der Waals surface area contributed by atoms with Gasteiger partial charge in [-0.25, -0.2) is 4.98 Å². The van der Waals surface area contributed by atoms with Gasteiger partial charge in [0.1, 0.15) is 11.6 Å². The fraction of sp³-hybridized carbons (Fsp3) is 0.615. The molecule has 19 heavy (non-hydrogen) atoms. The van der Waals surface area contributed by atoms with Gasteiger partial charge >= 0.3 is 0 Å². The van der Waals surface area contributed by atoms with E-state index in [1.165, 1.54) is 12.1 Å². The lowest BCUT2D eigenvalue weighted by Crippen LogP contribution is -2.32. The van der Waals surface area contributed by atoms with Gasteiger partial charge < -0.3 is 10.2 Å². The van der Waals surface area contributed by atoms with Crippen LogP contribution in [0.15, 0.2) is 12.1 Å². The monoisotopic (exact) mass is 266 g/mol. The van der Waals surface area contributed by atoms with Crippen molar-refractivity contribution in [1.82, 2.24) is 4.98 Å². The molecule has 0 aliphatic heterocycles. The number of nitrogens with one attached hydrogen (secondary N) is 1. The number of hydrogen-bond donors (Lipinski definition) is 1. The molecule has 6 nitrogen and oxygen atoms in total. The number of rotatable bonds is 7. The van der Waals surface area contributed by atoms with Crippen molar-refractivity contribution in [2.24, 2.45) is 0 Å². The van der Waals surface area contributed by atoms with Crippen molar-refractivity contribution < 1.29 is 4.92 Å². The normalized spacial score (nSPS) is 10.6. The Bertz CT molecular complexity index is 435. The number of nitrogens with zero attached hydrogens (tertiary/aromatic N) is 3. The molecule has 1 N–H and O–H groups in total. The first-order valence-electron chi connectivity index (χ1n) is 6.66. The van der Waals surface area contributed by atoms with Gasteiger partial charge in [-0.15, -0.1) is 0 Å². The Morgan fingerprint density at radius 2 is 2.11 bits per heavy atom. The number of aromatic nitrogens is 1. The first kappa shape index (κ1) is 15.2. The standard InChI is InChI=1S/C13H22N4O2/c1-5-7-16(10(3)4)13-9-11(17(18)19)8-12(15-13)14-6-2/h8-10H,5-7H2,1-4H3,(H,14,15). The number of anilines is 2. The molecule has 0 unspecified atom stereocenters. The van der Waals surface area contributed by atoms with Gasteiger partial charge in [0.05, 0.1) is 17.1 Å². The third-order valence-electron chi connectivity index (χ3n) is 2.75. The van der Waals surface area contributed by atoms with Gasteiger partial charge in [-0.1, -0.05) is 6.92 Å². The first-order valence-corrected chi connectivity index (χ1v) is 6.66. The van der Waals surface area contributed by atoms with Crippen molar-refractivity contribution in [3.8, 4) is 0 Å². The zero-order chi connectivity index (χ0) is 14.4. The lowest BCUT2D eigenvalue weighted by atomic mass is 10.2. The summed E-state index contributed by atoms with van der Waals surface area (Å²) in [5.74, 6) is 1.20. The first-order chi connectivity index (χ1) is 8.99. The second-order valence-electron chi connectivity index (χ2n) is 4.64. The van der Waals surface area contributed by atoms with E-state index in [0.717, 1.165) is 13.0 Å². The van der Waals surface area contributed by atoms with Gasteiger partial charge in [-0.2, -0.15) is 0 Å². The highest BCUT2D eigenvalue weighted by Crippen LogP contribution is 2.24. The van der Waals surface area contributed by atoms with Crippen LogP contribution in [0, 0.1) is 10.1 Å². The lowest BCUT2D eigenvalue weighted by molar-refractivity contribution is -0.384. The second-order valence-corrected chi connectivity index (χ2v) is 4.64. The minimum Gasteiger partial charge on any atom is -0.370 e. The average Bonchev–Trinajstić information content (AvgIpc) is 2.35. The smallest absolute Gasteiger partial charge is 0.276 e. The minimum atomic E-state index is -0.378. The third-order valence-corrected chi connectivity index (χ3v) is 2.75. The quantitative estimate of drug-likeness (QED) is 0.606. The fourth-order valence-electron chi connectivity index (χ4n) is 1.90. The van der Waals surface area contributed by atoms with E-state index in [-0.39, 0.29) is 16.7 Å². The van der Waals surface area contributed by atoms with Crippen molar-refractivity contribution in [2.75, 3.05) is 23.3 Å². The van der Waals surface area contributed by atoms with E-state index in [0.29, 0.717) is 18.2 Å². The Hall–Kier alpha value is -1.85. The van der Waals surface area contributed by atoms with Crippen LogP contribution >= 0.6 is 0 Å². The molecule has 0 bridgehead atoms. The predicted molar refractivity (Wildman–Crippen MR) is 77.8 cm³/mol. The molecule has 1 heterocycles. The Balaban J connectivity index is 3.19. The van der Waals surface area contributed by atoms with Crippen LogP contribution in [0.2, 0.25) is 0 Å². The molecule has 0 spiro atoms. The van der Waals surface area contributed by atoms with Crippen LogP contribution in [0.4, 0.5) is 17.3 Å². The summed E-state index contributed by atoms with van der Waals surface area (Å²) < 4.78 is 0. The Kier molecular flexibility index (Phi) is 5.54. The molecule has 0 saturated heterocycles. The summed E-state index contributed by atoms with van der Waals surface area (Å²) in [4.78, 5) is 17.1. The van der Waals surface area contributed by atoms with E-state index in [1.54, 1.807) is 0 Å². The Morgan fingerprint density at radius 3 is 2.58 bits per heavy atom. The summed E-state index contributed by atoms with van der Waals surface area (Å²) in [6.45, 7) is 9.65.